The Labute approximate surface area is 89.9 Å². The molecule has 80 valence electrons. The van der Waals surface area contributed by atoms with Crippen molar-refractivity contribution in [3.8, 4) is 0 Å². The fourth-order valence-corrected chi connectivity index (χ4v) is 2.11. The lowest BCUT2D eigenvalue weighted by Gasteiger charge is -2.41. The van der Waals surface area contributed by atoms with Gasteiger partial charge in [-0.2, -0.15) is 0 Å². The molecule has 1 aliphatic heterocycles. The maximum Gasteiger partial charge on any atom is 0.225 e. The van der Waals surface area contributed by atoms with Crippen molar-refractivity contribution in [2.24, 2.45) is 5.73 Å². The number of β-lactam (4-membered cyclic amide) rings is 1. The van der Waals surface area contributed by atoms with Gasteiger partial charge in [-0.05, 0) is 18.1 Å². The average molecular weight is 204 g/mol. The lowest BCUT2D eigenvalue weighted by Crippen LogP contribution is -2.48. The van der Waals surface area contributed by atoms with E-state index in [0.717, 1.165) is 0 Å². The number of hydrogen-bond acceptors (Lipinski definition) is 2. The second-order valence-corrected chi connectivity index (χ2v) is 3.95. The zero-order valence-electron chi connectivity index (χ0n) is 8.94. The Morgan fingerprint density at radius 3 is 2.80 bits per heavy atom. The largest absolute Gasteiger partial charge is 0.334 e. The number of benzene rings is 1. The maximum absolute atomic E-state index is 11.4. The van der Waals surface area contributed by atoms with E-state index in [4.69, 9.17) is 5.73 Å². The molecule has 3 heteroatoms. The molecule has 1 aromatic rings. The van der Waals surface area contributed by atoms with Crippen LogP contribution in [0.25, 0.3) is 0 Å². The number of aryl methyl sites for hydroxylation is 1. The van der Waals surface area contributed by atoms with Crippen LogP contribution in [-0.2, 0) is 4.79 Å². The molecule has 1 amide bonds. The predicted octanol–water partition coefficient (Wildman–Crippen LogP) is 1.23. The standard InChI is InChI=1S/C12H16N2O/c1-9-4-2-3-5-10(9)11-8-12(15)14(11)7-6-13/h2-5,11H,6-8,13H2,1H3. The Morgan fingerprint density at radius 2 is 2.20 bits per heavy atom. The second-order valence-electron chi connectivity index (χ2n) is 3.95. The number of nitrogens with zero attached hydrogens (tertiary/aromatic N) is 1. The van der Waals surface area contributed by atoms with Gasteiger partial charge in [-0.1, -0.05) is 24.3 Å². The average Bonchev–Trinajstić information content (AvgIpc) is 2.24. The zero-order valence-corrected chi connectivity index (χ0v) is 8.94. The third kappa shape index (κ3) is 1.75. The number of rotatable bonds is 3. The summed E-state index contributed by atoms with van der Waals surface area (Å²) in [5.41, 5.74) is 7.99. The normalized spacial score (nSPS) is 20.3. The van der Waals surface area contributed by atoms with Gasteiger partial charge >= 0.3 is 0 Å². The predicted molar refractivity (Wildman–Crippen MR) is 59.3 cm³/mol. The lowest BCUT2D eigenvalue weighted by molar-refractivity contribution is -0.146. The van der Waals surface area contributed by atoms with Gasteiger partial charge in [0.05, 0.1) is 12.5 Å². The highest BCUT2D eigenvalue weighted by Gasteiger charge is 2.36. The topological polar surface area (TPSA) is 46.3 Å². The molecule has 0 radical (unpaired) electrons. The van der Waals surface area contributed by atoms with E-state index in [1.807, 2.05) is 17.0 Å². The van der Waals surface area contributed by atoms with Crippen LogP contribution in [0.1, 0.15) is 23.6 Å². The van der Waals surface area contributed by atoms with Crippen LogP contribution >= 0.6 is 0 Å². The molecule has 0 saturated carbocycles. The maximum atomic E-state index is 11.4. The number of likely N-dealkylation sites (tertiary alicyclic amines) is 1. The molecule has 1 aliphatic rings. The van der Waals surface area contributed by atoms with Crippen molar-refractivity contribution in [3.63, 3.8) is 0 Å². The quantitative estimate of drug-likeness (QED) is 0.753. The summed E-state index contributed by atoms with van der Waals surface area (Å²) in [7, 11) is 0. The molecule has 1 fully saturated rings. The van der Waals surface area contributed by atoms with Gasteiger partial charge in [0.15, 0.2) is 0 Å². The van der Waals surface area contributed by atoms with E-state index in [0.29, 0.717) is 19.5 Å². The first-order valence-electron chi connectivity index (χ1n) is 5.29. The third-order valence-electron chi connectivity index (χ3n) is 2.98. The first-order valence-corrected chi connectivity index (χ1v) is 5.29. The smallest absolute Gasteiger partial charge is 0.225 e. The highest BCUT2D eigenvalue weighted by Crippen LogP contribution is 2.35. The first-order chi connectivity index (χ1) is 7.24. The molecular weight excluding hydrogens is 188 g/mol. The summed E-state index contributed by atoms with van der Waals surface area (Å²) in [4.78, 5) is 13.2. The number of amides is 1. The Hall–Kier alpha value is -1.35. The minimum absolute atomic E-state index is 0.216. The number of hydrogen-bond donors (Lipinski definition) is 1. The van der Waals surface area contributed by atoms with Crippen LogP contribution in [0.5, 0.6) is 0 Å². The second kappa shape index (κ2) is 4.03. The molecular formula is C12H16N2O. The van der Waals surface area contributed by atoms with E-state index >= 15 is 0 Å². The minimum atomic E-state index is 0.216. The van der Waals surface area contributed by atoms with Crippen LogP contribution < -0.4 is 5.73 Å². The van der Waals surface area contributed by atoms with E-state index in [9.17, 15) is 4.79 Å². The van der Waals surface area contributed by atoms with Crippen molar-refractivity contribution in [2.45, 2.75) is 19.4 Å². The molecule has 0 bridgehead atoms. The van der Waals surface area contributed by atoms with E-state index in [2.05, 4.69) is 19.1 Å². The van der Waals surface area contributed by atoms with E-state index in [-0.39, 0.29) is 11.9 Å². The lowest BCUT2D eigenvalue weighted by atomic mass is 9.91. The van der Waals surface area contributed by atoms with Crippen molar-refractivity contribution in [1.82, 2.24) is 4.90 Å². The monoisotopic (exact) mass is 204 g/mol. The van der Waals surface area contributed by atoms with Crippen molar-refractivity contribution >= 4 is 5.91 Å². The van der Waals surface area contributed by atoms with Gasteiger partial charge in [0, 0.05) is 13.1 Å². The fourth-order valence-electron chi connectivity index (χ4n) is 2.11. The summed E-state index contributed by atoms with van der Waals surface area (Å²) in [6, 6.07) is 8.47. The molecule has 3 nitrogen and oxygen atoms in total. The van der Waals surface area contributed by atoms with E-state index in [1.54, 1.807) is 0 Å². The molecule has 15 heavy (non-hydrogen) atoms. The molecule has 1 saturated heterocycles. The van der Waals surface area contributed by atoms with Crippen LogP contribution in [-0.4, -0.2) is 23.9 Å². The Morgan fingerprint density at radius 1 is 1.47 bits per heavy atom. The van der Waals surface area contributed by atoms with Crippen molar-refractivity contribution in [3.05, 3.63) is 35.4 Å². The number of nitrogens with two attached hydrogens (primary N) is 1. The third-order valence-corrected chi connectivity index (χ3v) is 2.98. The Balaban J connectivity index is 2.19. The molecule has 0 aromatic heterocycles. The molecule has 1 heterocycles. The summed E-state index contributed by atoms with van der Waals surface area (Å²) < 4.78 is 0. The molecule has 2 rings (SSSR count). The first kappa shape index (κ1) is 10.2. The fraction of sp³-hybridized carbons (Fsp3) is 0.417. The molecule has 1 unspecified atom stereocenters. The summed E-state index contributed by atoms with van der Waals surface area (Å²) in [6.45, 7) is 3.28. The van der Waals surface area contributed by atoms with E-state index < -0.39 is 0 Å². The van der Waals surface area contributed by atoms with Gasteiger partial charge in [-0.15, -0.1) is 0 Å². The summed E-state index contributed by atoms with van der Waals surface area (Å²) in [5, 5.41) is 0. The van der Waals surface area contributed by atoms with E-state index in [1.165, 1.54) is 11.1 Å². The van der Waals surface area contributed by atoms with Crippen LogP contribution in [0.15, 0.2) is 24.3 Å². The zero-order chi connectivity index (χ0) is 10.8. The van der Waals surface area contributed by atoms with Gasteiger partial charge in [0.2, 0.25) is 5.91 Å². The van der Waals surface area contributed by atoms with Gasteiger partial charge in [0.25, 0.3) is 0 Å². The van der Waals surface area contributed by atoms with Crippen molar-refractivity contribution in [2.75, 3.05) is 13.1 Å². The van der Waals surface area contributed by atoms with Gasteiger partial charge in [-0.25, -0.2) is 0 Å². The molecule has 0 spiro atoms. The molecule has 1 atom stereocenters. The SMILES string of the molecule is Cc1ccccc1C1CC(=O)N1CCN. The Kier molecular flexibility index (Phi) is 2.73. The summed E-state index contributed by atoms with van der Waals surface area (Å²) >= 11 is 0. The Bertz CT molecular complexity index is 376. The van der Waals surface area contributed by atoms with Gasteiger partial charge in [-0.3, -0.25) is 4.79 Å². The summed E-state index contributed by atoms with van der Waals surface area (Å²) in [5.74, 6) is 0.216. The van der Waals surface area contributed by atoms with Crippen molar-refractivity contribution in [1.29, 1.82) is 0 Å². The summed E-state index contributed by atoms with van der Waals surface area (Å²) in [6.07, 6.45) is 0.630. The highest BCUT2D eigenvalue weighted by molar-refractivity contribution is 5.83. The number of carbonyl (C=O) groups is 1. The van der Waals surface area contributed by atoms with Gasteiger partial charge in [0.1, 0.15) is 0 Å². The van der Waals surface area contributed by atoms with Crippen LogP contribution in [0.4, 0.5) is 0 Å². The minimum Gasteiger partial charge on any atom is -0.334 e. The molecule has 2 N–H and O–H groups in total. The highest BCUT2D eigenvalue weighted by atomic mass is 16.2. The van der Waals surface area contributed by atoms with Crippen LogP contribution in [0.3, 0.4) is 0 Å². The van der Waals surface area contributed by atoms with Crippen LogP contribution in [0, 0.1) is 6.92 Å². The van der Waals surface area contributed by atoms with Crippen LogP contribution in [0.2, 0.25) is 0 Å². The molecule has 0 aliphatic carbocycles. The van der Waals surface area contributed by atoms with Crippen molar-refractivity contribution < 1.29 is 4.79 Å². The number of carbonyl (C=O) groups excluding carboxylic acids is 1. The van der Waals surface area contributed by atoms with Gasteiger partial charge < -0.3 is 10.6 Å². The molecule has 1 aromatic carbocycles.